The van der Waals surface area contributed by atoms with Gasteiger partial charge in [-0.05, 0) is 37.8 Å². The van der Waals surface area contributed by atoms with E-state index in [1.165, 1.54) is 25.0 Å². The Bertz CT molecular complexity index is 561. The minimum Gasteiger partial charge on any atom is -0.460 e. The van der Waals surface area contributed by atoms with Gasteiger partial charge >= 0.3 is 11.9 Å². The molecule has 0 aliphatic carbocycles. The molecule has 0 amide bonds. The van der Waals surface area contributed by atoms with E-state index in [0.29, 0.717) is 13.2 Å². The van der Waals surface area contributed by atoms with E-state index in [-0.39, 0.29) is 24.7 Å². The van der Waals surface area contributed by atoms with Crippen molar-refractivity contribution in [1.29, 1.82) is 0 Å². The molecule has 0 aliphatic rings. The third-order valence-electron chi connectivity index (χ3n) is 5.58. The molecule has 1 rings (SSSR count). The Morgan fingerprint density at radius 3 is 1.18 bits per heavy atom. The first kappa shape index (κ1) is 29.2. The number of ether oxygens (including phenoxy) is 2. The summed E-state index contributed by atoms with van der Waals surface area (Å²) in [5, 5.41) is 17.5. The summed E-state index contributed by atoms with van der Waals surface area (Å²) in [6.07, 6.45) is 16.8. The molecule has 0 fully saturated rings. The summed E-state index contributed by atoms with van der Waals surface area (Å²) in [4.78, 5) is 24.1. The van der Waals surface area contributed by atoms with Crippen molar-refractivity contribution < 1.29 is 33.7 Å². The lowest BCUT2D eigenvalue weighted by Crippen LogP contribution is -2.07. The third-order valence-corrected chi connectivity index (χ3v) is 5.58. The van der Waals surface area contributed by atoms with Crippen molar-refractivity contribution >= 4 is 11.9 Å². The van der Waals surface area contributed by atoms with Crippen LogP contribution in [-0.2, 0) is 9.47 Å². The molecular formula is C26H44O7. The third kappa shape index (κ3) is 15.6. The first-order valence-corrected chi connectivity index (χ1v) is 12.8. The zero-order valence-corrected chi connectivity index (χ0v) is 20.2. The van der Waals surface area contributed by atoms with Gasteiger partial charge in [0.1, 0.15) is 0 Å². The Hall–Kier alpha value is -1.86. The second kappa shape index (κ2) is 20.7. The molecule has 0 saturated carbocycles. The van der Waals surface area contributed by atoms with Crippen LogP contribution in [0.2, 0.25) is 0 Å². The van der Waals surface area contributed by atoms with Crippen molar-refractivity contribution in [3.8, 4) is 0 Å². The van der Waals surface area contributed by atoms with Gasteiger partial charge in [-0.2, -0.15) is 0 Å². The molecule has 1 aromatic heterocycles. The van der Waals surface area contributed by atoms with E-state index in [9.17, 15) is 9.59 Å². The van der Waals surface area contributed by atoms with Gasteiger partial charge < -0.3 is 24.1 Å². The smallest absolute Gasteiger partial charge is 0.374 e. The lowest BCUT2D eigenvalue weighted by atomic mass is 10.1. The fourth-order valence-corrected chi connectivity index (χ4v) is 3.58. The molecular weight excluding hydrogens is 424 g/mol. The van der Waals surface area contributed by atoms with E-state index in [0.717, 1.165) is 89.9 Å². The number of carbonyl (C=O) groups is 2. The molecule has 1 aromatic rings. The van der Waals surface area contributed by atoms with Crippen molar-refractivity contribution in [2.45, 2.75) is 103 Å². The van der Waals surface area contributed by atoms with E-state index in [1.807, 2.05) is 0 Å². The molecule has 0 aromatic carbocycles. The minimum atomic E-state index is -0.558. The number of carbonyl (C=O) groups excluding carboxylic acids is 2. The highest BCUT2D eigenvalue weighted by molar-refractivity contribution is 5.90. The van der Waals surface area contributed by atoms with Crippen LogP contribution in [0.3, 0.4) is 0 Å². The average Bonchev–Trinajstić information content (AvgIpc) is 3.32. The predicted octanol–water partition coefficient (Wildman–Crippen LogP) is 5.82. The molecule has 2 N–H and O–H groups in total. The Morgan fingerprint density at radius 1 is 0.545 bits per heavy atom. The molecule has 0 saturated heterocycles. The van der Waals surface area contributed by atoms with Crippen LogP contribution in [0.25, 0.3) is 0 Å². The first-order valence-electron chi connectivity index (χ1n) is 12.8. The number of hydrogen-bond donors (Lipinski definition) is 2. The van der Waals surface area contributed by atoms with Gasteiger partial charge in [0.15, 0.2) is 0 Å². The summed E-state index contributed by atoms with van der Waals surface area (Å²) < 4.78 is 15.8. The molecule has 7 heteroatoms. The molecule has 0 spiro atoms. The van der Waals surface area contributed by atoms with E-state index < -0.39 is 11.9 Å². The summed E-state index contributed by atoms with van der Waals surface area (Å²) in [5.41, 5.74) is 0. The van der Waals surface area contributed by atoms with Crippen LogP contribution < -0.4 is 0 Å². The molecule has 0 atom stereocenters. The van der Waals surface area contributed by atoms with Gasteiger partial charge in [0, 0.05) is 13.2 Å². The monoisotopic (exact) mass is 468 g/mol. The zero-order chi connectivity index (χ0) is 24.0. The lowest BCUT2D eigenvalue weighted by Gasteiger charge is -2.04. The Labute approximate surface area is 198 Å². The Morgan fingerprint density at radius 2 is 0.848 bits per heavy atom. The van der Waals surface area contributed by atoms with E-state index in [1.54, 1.807) is 0 Å². The molecule has 190 valence electrons. The summed E-state index contributed by atoms with van der Waals surface area (Å²) >= 11 is 0. The van der Waals surface area contributed by atoms with Gasteiger partial charge in [0.05, 0.1) is 13.2 Å². The summed E-state index contributed by atoms with van der Waals surface area (Å²) in [5.74, 6) is -1.08. The van der Waals surface area contributed by atoms with Gasteiger partial charge in [-0.1, -0.05) is 77.0 Å². The number of hydrogen-bond acceptors (Lipinski definition) is 7. The van der Waals surface area contributed by atoms with Crippen LogP contribution in [0, 0.1) is 0 Å². The zero-order valence-electron chi connectivity index (χ0n) is 20.2. The summed E-state index contributed by atoms with van der Waals surface area (Å²) in [6, 6.07) is 2.89. The Balaban J connectivity index is 2.05. The van der Waals surface area contributed by atoms with Gasteiger partial charge in [-0.3, -0.25) is 0 Å². The van der Waals surface area contributed by atoms with Crippen LogP contribution in [0.5, 0.6) is 0 Å². The van der Waals surface area contributed by atoms with Crippen LogP contribution >= 0.6 is 0 Å². The minimum absolute atomic E-state index is 0.0204. The van der Waals surface area contributed by atoms with Gasteiger partial charge in [-0.25, -0.2) is 9.59 Å². The van der Waals surface area contributed by atoms with E-state index in [4.69, 9.17) is 24.1 Å². The average molecular weight is 469 g/mol. The number of aliphatic hydroxyl groups excluding tert-OH is 2. The highest BCUT2D eigenvalue weighted by atomic mass is 16.6. The van der Waals surface area contributed by atoms with Crippen molar-refractivity contribution in [2.24, 2.45) is 0 Å². The predicted molar refractivity (Wildman–Crippen MR) is 127 cm³/mol. The fraction of sp³-hybridized carbons (Fsp3) is 0.769. The standard InChI is InChI=1S/C26H44O7/c27-19-13-9-5-1-3-7-11-15-21-31-25(29)23-17-18-24(33-23)26(30)32-22-16-12-8-4-2-6-10-14-20-28/h17-18,27-28H,1-16,19-22H2. The second-order valence-electron chi connectivity index (χ2n) is 8.54. The molecule has 1 heterocycles. The maximum atomic E-state index is 12.1. The topological polar surface area (TPSA) is 106 Å². The number of rotatable bonds is 22. The van der Waals surface area contributed by atoms with Crippen molar-refractivity contribution in [2.75, 3.05) is 26.4 Å². The van der Waals surface area contributed by atoms with Crippen LogP contribution in [0.1, 0.15) is 124 Å². The van der Waals surface area contributed by atoms with Crippen molar-refractivity contribution in [3.05, 3.63) is 23.7 Å². The maximum absolute atomic E-state index is 12.1. The molecule has 0 aliphatic heterocycles. The molecule has 0 radical (unpaired) electrons. The van der Waals surface area contributed by atoms with Gasteiger partial charge in [0.25, 0.3) is 0 Å². The Kier molecular flexibility index (Phi) is 18.3. The molecule has 7 nitrogen and oxygen atoms in total. The second-order valence-corrected chi connectivity index (χ2v) is 8.54. The van der Waals surface area contributed by atoms with Gasteiger partial charge in [0.2, 0.25) is 11.5 Å². The highest BCUT2D eigenvalue weighted by Crippen LogP contribution is 2.13. The highest BCUT2D eigenvalue weighted by Gasteiger charge is 2.17. The summed E-state index contributed by atoms with van der Waals surface area (Å²) in [6.45, 7) is 1.23. The fourth-order valence-electron chi connectivity index (χ4n) is 3.58. The normalized spacial score (nSPS) is 11.0. The number of unbranched alkanes of at least 4 members (excludes halogenated alkanes) is 14. The summed E-state index contributed by atoms with van der Waals surface area (Å²) in [7, 11) is 0. The first-order chi connectivity index (χ1) is 16.2. The molecule has 0 bridgehead atoms. The molecule has 0 unspecified atom stereocenters. The number of furan rings is 1. The maximum Gasteiger partial charge on any atom is 0.374 e. The van der Waals surface area contributed by atoms with Crippen LogP contribution in [0.15, 0.2) is 16.5 Å². The number of aliphatic hydroxyl groups is 2. The SMILES string of the molecule is O=C(OCCCCCCCCCCO)c1ccc(C(=O)OCCCCCCCCCCO)o1. The van der Waals surface area contributed by atoms with Crippen molar-refractivity contribution in [1.82, 2.24) is 0 Å². The lowest BCUT2D eigenvalue weighted by molar-refractivity contribution is 0.0426. The largest absolute Gasteiger partial charge is 0.460 e. The van der Waals surface area contributed by atoms with Crippen LogP contribution in [-0.4, -0.2) is 48.6 Å². The van der Waals surface area contributed by atoms with Crippen molar-refractivity contribution in [3.63, 3.8) is 0 Å². The van der Waals surface area contributed by atoms with E-state index >= 15 is 0 Å². The van der Waals surface area contributed by atoms with Gasteiger partial charge in [-0.15, -0.1) is 0 Å². The van der Waals surface area contributed by atoms with E-state index in [2.05, 4.69) is 0 Å². The quantitative estimate of drug-likeness (QED) is 0.163. The molecule has 33 heavy (non-hydrogen) atoms. The van der Waals surface area contributed by atoms with Crippen LogP contribution in [0.4, 0.5) is 0 Å². The number of esters is 2.